The van der Waals surface area contributed by atoms with Gasteiger partial charge in [-0.15, -0.1) is 5.10 Å². The molecule has 3 rings (SSSR count). The molecule has 1 N–H and O–H groups in total. The van der Waals surface area contributed by atoms with Crippen LogP contribution in [0.4, 0.5) is 4.79 Å². The van der Waals surface area contributed by atoms with Gasteiger partial charge in [0.1, 0.15) is 5.69 Å². The number of nitrogens with zero attached hydrogens (tertiary/aromatic N) is 4. The third-order valence-electron chi connectivity index (χ3n) is 3.66. The molecule has 108 valence electrons. The van der Waals surface area contributed by atoms with Crippen LogP contribution in [0.2, 0.25) is 0 Å². The van der Waals surface area contributed by atoms with E-state index in [1.165, 1.54) is 4.90 Å². The van der Waals surface area contributed by atoms with E-state index in [0.29, 0.717) is 19.5 Å². The van der Waals surface area contributed by atoms with Crippen LogP contribution < -0.4 is 0 Å². The quantitative estimate of drug-likeness (QED) is 0.918. The number of benzene rings is 1. The van der Waals surface area contributed by atoms with Gasteiger partial charge in [0.05, 0.1) is 11.9 Å². The summed E-state index contributed by atoms with van der Waals surface area (Å²) in [5, 5.41) is 17.3. The van der Waals surface area contributed by atoms with E-state index in [1.54, 1.807) is 4.68 Å². The van der Waals surface area contributed by atoms with Gasteiger partial charge in [0.15, 0.2) is 0 Å². The highest BCUT2D eigenvalue weighted by Crippen LogP contribution is 2.21. The van der Waals surface area contributed by atoms with Crippen LogP contribution >= 0.6 is 0 Å². The van der Waals surface area contributed by atoms with E-state index in [0.717, 1.165) is 22.5 Å². The Hall–Kier alpha value is -2.63. The summed E-state index contributed by atoms with van der Waals surface area (Å²) >= 11 is 0. The molecular weight excluding hydrogens is 268 g/mol. The van der Waals surface area contributed by atoms with Crippen molar-refractivity contribution in [3.05, 3.63) is 47.8 Å². The fourth-order valence-corrected chi connectivity index (χ4v) is 2.42. The molecule has 1 amide bonds. The maximum atomic E-state index is 10.9. The van der Waals surface area contributed by atoms with Gasteiger partial charge in [0.2, 0.25) is 0 Å². The maximum absolute atomic E-state index is 10.9. The van der Waals surface area contributed by atoms with Crippen LogP contribution in [-0.2, 0) is 0 Å². The maximum Gasteiger partial charge on any atom is 0.407 e. The second-order valence-electron chi connectivity index (χ2n) is 5.04. The number of carboxylic acid groups (broad SMARTS) is 1. The van der Waals surface area contributed by atoms with E-state index >= 15 is 0 Å². The van der Waals surface area contributed by atoms with E-state index in [2.05, 4.69) is 10.3 Å². The lowest BCUT2D eigenvalue weighted by Crippen LogP contribution is -2.33. The van der Waals surface area contributed by atoms with E-state index in [9.17, 15) is 4.79 Å². The Kier molecular flexibility index (Phi) is 3.43. The van der Waals surface area contributed by atoms with E-state index in [4.69, 9.17) is 5.11 Å². The van der Waals surface area contributed by atoms with E-state index in [1.807, 2.05) is 43.5 Å². The number of hydrogen-bond acceptors (Lipinski definition) is 3. The molecule has 2 heterocycles. The first-order valence-corrected chi connectivity index (χ1v) is 6.81. The first-order chi connectivity index (χ1) is 10.1. The first kappa shape index (κ1) is 13.4. The van der Waals surface area contributed by atoms with Crippen LogP contribution in [0.1, 0.15) is 17.7 Å². The Labute approximate surface area is 122 Å². The van der Waals surface area contributed by atoms with E-state index < -0.39 is 6.09 Å². The normalized spacial score (nSPS) is 14.9. The topological polar surface area (TPSA) is 71.2 Å². The zero-order valence-corrected chi connectivity index (χ0v) is 11.7. The summed E-state index contributed by atoms with van der Waals surface area (Å²) in [4.78, 5) is 12.3. The van der Waals surface area contributed by atoms with Gasteiger partial charge in [0, 0.05) is 13.1 Å². The molecule has 0 unspecified atom stereocenters. The first-order valence-electron chi connectivity index (χ1n) is 6.81. The van der Waals surface area contributed by atoms with Crippen LogP contribution in [0.3, 0.4) is 0 Å². The lowest BCUT2D eigenvalue weighted by molar-refractivity contribution is 0.150. The largest absolute Gasteiger partial charge is 0.465 e. The zero-order valence-electron chi connectivity index (χ0n) is 11.7. The molecule has 0 aliphatic carbocycles. The molecule has 0 spiro atoms. The number of aromatic nitrogens is 3. The SMILES string of the molecule is Cc1ccccc1-n1cc(C2=CCN(C(=O)O)CC2)nn1. The average molecular weight is 284 g/mol. The van der Waals surface area contributed by atoms with Crippen molar-refractivity contribution >= 4 is 11.7 Å². The molecular formula is C15H16N4O2. The second-order valence-corrected chi connectivity index (χ2v) is 5.04. The summed E-state index contributed by atoms with van der Waals surface area (Å²) in [5.41, 5.74) is 3.99. The zero-order chi connectivity index (χ0) is 14.8. The predicted octanol–water partition coefficient (Wildman–Crippen LogP) is 2.34. The van der Waals surface area contributed by atoms with Gasteiger partial charge < -0.3 is 10.0 Å². The Morgan fingerprint density at radius 2 is 2.14 bits per heavy atom. The van der Waals surface area contributed by atoms with Crippen molar-refractivity contribution in [2.24, 2.45) is 0 Å². The Morgan fingerprint density at radius 1 is 1.33 bits per heavy atom. The molecule has 0 saturated heterocycles. The Bertz CT molecular complexity index is 705. The van der Waals surface area contributed by atoms with Gasteiger partial charge in [-0.05, 0) is 30.5 Å². The minimum atomic E-state index is -0.881. The predicted molar refractivity (Wildman–Crippen MR) is 78.3 cm³/mol. The van der Waals surface area contributed by atoms with Crippen LogP contribution in [-0.4, -0.2) is 44.2 Å². The fourth-order valence-electron chi connectivity index (χ4n) is 2.42. The molecule has 6 nitrogen and oxygen atoms in total. The summed E-state index contributed by atoms with van der Waals surface area (Å²) in [6.45, 7) is 2.93. The third-order valence-corrected chi connectivity index (χ3v) is 3.66. The molecule has 0 fully saturated rings. The molecule has 1 aliphatic rings. The smallest absolute Gasteiger partial charge is 0.407 e. The van der Waals surface area contributed by atoms with Crippen molar-refractivity contribution < 1.29 is 9.90 Å². The highest BCUT2D eigenvalue weighted by molar-refractivity contribution is 5.69. The highest BCUT2D eigenvalue weighted by atomic mass is 16.4. The third kappa shape index (κ3) is 2.65. The number of hydrogen-bond donors (Lipinski definition) is 1. The molecule has 21 heavy (non-hydrogen) atoms. The van der Waals surface area contributed by atoms with Gasteiger partial charge >= 0.3 is 6.09 Å². The highest BCUT2D eigenvalue weighted by Gasteiger charge is 2.18. The molecule has 0 bridgehead atoms. The molecule has 1 aromatic heterocycles. The van der Waals surface area contributed by atoms with Crippen LogP contribution in [0.15, 0.2) is 36.5 Å². The second kappa shape index (κ2) is 5.40. The summed E-state index contributed by atoms with van der Waals surface area (Å²) in [6.07, 6.45) is 3.58. The summed E-state index contributed by atoms with van der Waals surface area (Å²) in [6, 6.07) is 7.98. The van der Waals surface area contributed by atoms with Gasteiger partial charge in [0.25, 0.3) is 0 Å². The molecule has 2 aromatic rings. The van der Waals surface area contributed by atoms with Crippen molar-refractivity contribution in [1.82, 2.24) is 19.9 Å². The monoisotopic (exact) mass is 284 g/mol. The fraction of sp³-hybridized carbons (Fsp3) is 0.267. The molecule has 0 atom stereocenters. The average Bonchev–Trinajstić information content (AvgIpc) is 2.97. The van der Waals surface area contributed by atoms with Crippen molar-refractivity contribution in [2.75, 3.05) is 13.1 Å². The van der Waals surface area contributed by atoms with Crippen LogP contribution in [0.25, 0.3) is 11.3 Å². The lowest BCUT2D eigenvalue weighted by atomic mass is 10.1. The van der Waals surface area contributed by atoms with Gasteiger partial charge in [-0.2, -0.15) is 0 Å². The van der Waals surface area contributed by atoms with Gasteiger partial charge in [-0.25, -0.2) is 9.48 Å². The number of amides is 1. The van der Waals surface area contributed by atoms with Gasteiger partial charge in [-0.1, -0.05) is 29.5 Å². The molecule has 1 aromatic carbocycles. The van der Waals surface area contributed by atoms with Crippen LogP contribution in [0, 0.1) is 6.92 Å². The lowest BCUT2D eigenvalue weighted by Gasteiger charge is -2.22. The van der Waals surface area contributed by atoms with Crippen molar-refractivity contribution in [1.29, 1.82) is 0 Å². The standard InChI is InChI=1S/C15H16N4O2/c1-11-4-2-3-5-14(11)19-10-13(16-17-19)12-6-8-18(9-7-12)15(20)21/h2-6,10H,7-9H2,1H3,(H,20,21). The van der Waals surface area contributed by atoms with E-state index in [-0.39, 0.29) is 0 Å². The molecule has 1 aliphatic heterocycles. The summed E-state index contributed by atoms with van der Waals surface area (Å²) in [5.74, 6) is 0. The number of carbonyl (C=O) groups is 1. The number of aryl methyl sites for hydroxylation is 1. The minimum absolute atomic E-state index is 0.405. The Balaban J connectivity index is 1.83. The van der Waals surface area contributed by atoms with Crippen LogP contribution in [0.5, 0.6) is 0 Å². The van der Waals surface area contributed by atoms with Gasteiger partial charge in [-0.3, -0.25) is 0 Å². The minimum Gasteiger partial charge on any atom is -0.465 e. The summed E-state index contributed by atoms with van der Waals surface area (Å²) < 4.78 is 1.76. The summed E-state index contributed by atoms with van der Waals surface area (Å²) in [7, 11) is 0. The van der Waals surface area contributed by atoms with Crippen molar-refractivity contribution in [3.8, 4) is 5.69 Å². The molecule has 6 heteroatoms. The van der Waals surface area contributed by atoms with Crippen molar-refractivity contribution in [3.63, 3.8) is 0 Å². The Morgan fingerprint density at radius 3 is 2.81 bits per heavy atom. The number of para-hydroxylation sites is 1. The molecule has 0 saturated carbocycles. The molecule has 0 radical (unpaired) electrons. The number of rotatable bonds is 2. The van der Waals surface area contributed by atoms with Crippen molar-refractivity contribution in [2.45, 2.75) is 13.3 Å².